The van der Waals surface area contributed by atoms with E-state index in [2.05, 4.69) is 27.9 Å². The van der Waals surface area contributed by atoms with Gasteiger partial charge in [-0.2, -0.15) is 0 Å². The highest BCUT2D eigenvalue weighted by molar-refractivity contribution is 14.1. The van der Waals surface area contributed by atoms with Gasteiger partial charge in [-0.05, 0) is 64.9 Å². The second-order valence-electron chi connectivity index (χ2n) is 7.51. The molecular formula is C26H22ClIN2O4. The predicted octanol–water partition coefficient (Wildman–Crippen LogP) is 6.02. The predicted molar refractivity (Wildman–Crippen MR) is 140 cm³/mol. The summed E-state index contributed by atoms with van der Waals surface area (Å²) in [7, 11) is 0. The first-order valence-electron chi connectivity index (χ1n) is 10.7. The fraction of sp³-hybridized carbons (Fsp3) is 0.154. The van der Waals surface area contributed by atoms with E-state index in [1.165, 1.54) is 4.90 Å². The second-order valence-corrected chi connectivity index (χ2v) is 9.08. The van der Waals surface area contributed by atoms with Crippen molar-refractivity contribution in [1.29, 1.82) is 0 Å². The largest absolute Gasteiger partial charge is 0.490 e. The Morgan fingerprint density at radius 3 is 2.50 bits per heavy atom. The lowest BCUT2D eigenvalue weighted by atomic mass is 10.1. The van der Waals surface area contributed by atoms with Gasteiger partial charge < -0.3 is 14.8 Å². The third-order valence-electron chi connectivity index (χ3n) is 5.12. The molecule has 3 amide bonds. The van der Waals surface area contributed by atoms with Gasteiger partial charge in [-0.25, -0.2) is 4.79 Å². The van der Waals surface area contributed by atoms with Crippen molar-refractivity contribution in [1.82, 2.24) is 10.2 Å². The van der Waals surface area contributed by atoms with Gasteiger partial charge in [-0.3, -0.25) is 9.69 Å². The summed E-state index contributed by atoms with van der Waals surface area (Å²) in [6.07, 6.45) is 1.65. The number of halogens is 2. The Balaban J connectivity index is 1.56. The molecule has 0 spiro atoms. The van der Waals surface area contributed by atoms with Gasteiger partial charge >= 0.3 is 6.03 Å². The van der Waals surface area contributed by atoms with E-state index in [0.717, 1.165) is 14.7 Å². The zero-order valence-electron chi connectivity index (χ0n) is 18.4. The maximum Gasteiger partial charge on any atom is 0.329 e. The minimum Gasteiger partial charge on any atom is -0.490 e. The van der Waals surface area contributed by atoms with Gasteiger partial charge in [-0.1, -0.05) is 60.1 Å². The number of nitrogens with one attached hydrogen (secondary N) is 1. The van der Waals surface area contributed by atoms with Crippen molar-refractivity contribution in [2.24, 2.45) is 0 Å². The summed E-state index contributed by atoms with van der Waals surface area (Å²) in [6, 6.07) is 20.1. The molecule has 0 aromatic heterocycles. The van der Waals surface area contributed by atoms with Gasteiger partial charge in [0.1, 0.15) is 12.3 Å². The molecule has 8 heteroatoms. The number of carbonyl (C=O) groups is 2. The first-order chi connectivity index (χ1) is 16.5. The van der Waals surface area contributed by atoms with Crippen molar-refractivity contribution < 1.29 is 19.1 Å². The lowest BCUT2D eigenvalue weighted by Gasteiger charge is -2.15. The van der Waals surface area contributed by atoms with Crippen LogP contribution < -0.4 is 14.8 Å². The Bertz CT molecular complexity index is 1250. The highest BCUT2D eigenvalue weighted by atomic mass is 127. The molecule has 6 nitrogen and oxygen atoms in total. The van der Waals surface area contributed by atoms with Crippen LogP contribution in [0.25, 0.3) is 6.08 Å². The maximum atomic E-state index is 12.9. The molecule has 1 saturated heterocycles. The zero-order valence-corrected chi connectivity index (χ0v) is 21.3. The van der Waals surface area contributed by atoms with Crippen LogP contribution >= 0.6 is 34.2 Å². The van der Waals surface area contributed by atoms with Crippen molar-refractivity contribution in [2.75, 3.05) is 6.61 Å². The highest BCUT2D eigenvalue weighted by Crippen LogP contribution is 2.36. The van der Waals surface area contributed by atoms with Crippen molar-refractivity contribution in [2.45, 2.75) is 20.1 Å². The lowest BCUT2D eigenvalue weighted by Crippen LogP contribution is -2.30. The summed E-state index contributed by atoms with van der Waals surface area (Å²) < 4.78 is 12.7. The van der Waals surface area contributed by atoms with Gasteiger partial charge in [0.25, 0.3) is 5.91 Å². The van der Waals surface area contributed by atoms with E-state index in [4.69, 9.17) is 21.1 Å². The average Bonchev–Trinajstić information content (AvgIpc) is 3.08. The Kier molecular flexibility index (Phi) is 7.74. The molecule has 1 fully saturated rings. The smallest absolute Gasteiger partial charge is 0.329 e. The SMILES string of the molecule is CCOc1cc(/C=C2/NC(=O)N(Cc3ccccc3)C2=O)cc(I)c1OCc1ccccc1Cl. The molecule has 4 rings (SSSR count). The molecule has 1 heterocycles. The molecule has 0 radical (unpaired) electrons. The standard InChI is InChI=1S/C26H22ClIN2O4/c1-2-33-23-14-18(12-21(28)24(23)34-16-19-10-6-7-11-20(19)27)13-22-25(31)30(26(32)29-22)15-17-8-4-3-5-9-17/h3-14H,2,15-16H2,1H3,(H,29,32)/b22-13+. The first kappa shape index (κ1) is 24.1. The summed E-state index contributed by atoms with van der Waals surface area (Å²) in [5, 5.41) is 3.30. The number of amides is 3. The molecule has 1 N–H and O–H groups in total. The normalized spacial score (nSPS) is 14.4. The highest BCUT2D eigenvalue weighted by Gasteiger charge is 2.33. The monoisotopic (exact) mass is 588 g/mol. The number of benzene rings is 3. The third-order valence-corrected chi connectivity index (χ3v) is 6.29. The fourth-order valence-electron chi connectivity index (χ4n) is 3.49. The molecule has 34 heavy (non-hydrogen) atoms. The van der Waals surface area contributed by atoms with E-state index in [-0.39, 0.29) is 18.1 Å². The zero-order chi connectivity index (χ0) is 24.1. The van der Waals surface area contributed by atoms with Crippen LogP contribution in [0.2, 0.25) is 5.02 Å². The van der Waals surface area contributed by atoms with Crippen LogP contribution in [0.1, 0.15) is 23.6 Å². The Morgan fingerprint density at radius 1 is 1.03 bits per heavy atom. The molecule has 0 aliphatic carbocycles. The number of carbonyl (C=O) groups excluding carboxylic acids is 2. The molecule has 0 atom stereocenters. The van der Waals surface area contributed by atoms with E-state index in [1.54, 1.807) is 12.1 Å². The fourth-order valence-corrected chi connectivity index (χ4v) is 4.46. The molecule has 1 aliphatic heterocycles. The van der Waals surface area contributed by atoms with Crippen LogP contribution in [0.4, 0.5) is 4.79 Å². The molecule has 0 bridgehead atoms. The van der Waals surface area contributed by atoms with Crippen LogP contribution in [0.3, 0.4) is 0 Å². The van der Waals surface area contributed by atoms with Gasteiger partial charge in [0.2, 0.25) is 0 Å². The van der Waals surface area contributed by atoms with E-state index >= 15 is 0 Å². The minimum atomic E-state index is -0.445. The number of rotatable bonds is 8. The Labute approximate surface area is 216 Å². The summed E-state index contributed by atoms with van der Waals surface area (Å²) in [4.78, 5) is 26.5. The molecular weight excluding hydrogens is 567 g/mol. The van der Waals surface area contributed by atoms with Crippen LogP contribution in [-0.4, -0.2) is 23.4 Å². The van der Waals surface area contributed by atoms with Crippen molar-refractivity contribution >= 4 is 52.2 Å². The summed E-state index contributed by atoms with van der Waals surface area (Å²) >= 11 is 8.42. The number of imide groups is 1. The summed E-state index contributed by atoms with van der Waals surface area (Å²) in [6.45, 7) is 2.83. The van der Waals surface area contributed by atoms with Crippen molar-refractivity contribution in [3.05, 3.63) is 97.7 Å². The Hall–Kier alpha value is -3.04. The lowest BCUT2D eigenvalue weighted by molar-refractivity contribution is -0.123. The number of hydrogen-bond donors (Lipinski definition) is 1. The Morgan fingerprint density at radius 2 is 1.76 bits per heavy atom. The van der Waals surface area contributed by atoms with E-state index in [9.17, 15) is 9.59 Å². The van der Waals surface area contributed by atoms with Gasteiger partial charge in [-0.15, -0.1) is 0 Å². The van der Waals surface area contributed by atoms with Crippen LogP contribution in [0.15, 0.2) is 72.4 Å². The topological polar surface area (TPSA) is 67.9 Å². The van der Waals surface area contributed by atoms with Gasteiger partial charge in [0.05, 0.1) is 16.7 Å². The number of hydrogen-bond acceptors (Lipinski definition) is 4. The minimum absolute atomic E-state index is 0.208. The number of ether oxygens (including phenoxy) is 2. The average molecular weight is 589 g/mol. The van der Waals surface area contributed by atoms with Gasteiger partial charge in [0, 0.05) is 10.6 Å². The molecule has 3 aromatic rings. The number of urea groups is 1. The van der Waals surface area contributed by atoms with Crippen molar-refractivity contribution in [3.8, 4) is 11.5 Å². The van der Waals surface area contributed by atoms with Gasteiger partial charge in [0.15, 0.2) is 11.5 Å². The number of nitrogens with zero attached hydrogens (tertiary/aromatic N) is 1. The summed E-state index contributed by atoms with van der Waals surface area (Å²) in [5.41, 5.74) is 2.67. The van der Waals surface area contributed by atoms with Crippen LogP contribution in [0, 0.1) is 3.57 Å². The second kappa shape index (κ2) is 10.9. The quantitative estimate of drug-likeness (QED) is 0.199. The molecule has 0 saturated carbocycles. The van der Waals surface area contributed by atoms with Crippen molar-refractivity contribution in [3.63, 3.8) is 0 Å². The summed E-state index contributed by atoms with van der Waals surface area (Å²) in [5.74, 6) is 0.768. The van der Waals surface area contributed by atoms with Crippen LogP contribution in [-0.2, 0) is 17.9 Å². The third kappa shape index (κ3) is 5.53. The van der Waals surface area contributed by atoms with E-state index in [0.29, 0.717) is 35.3 Å². The molecule has 0 unspecified atom stereocenters. The maximum absolute atomic E-state index is 12.9. The van der Waals surface area contributed by atoms with E-state index < -0.39 is 6.03 Å². The molecule has 3 aromatic carbocycles. The first-order valence-corrected chi connectivity index (χ1v) is 12.1. The van der Waals surface area contributed by atoms with E-state index in [1.807, 2.05) is 67.6 Å². The molecule has 174 valence electrons. The van der Waals surface area contributed by atoms with Crippen LogP contribution in [0.5, 0.6) is 11.5 Å². The molecule has 1 aliphatic rings.